The minimum Gasteiger partial charge on any atom is -0.459 e. The normalized spacial score (nSPS) is 25.1. The maximum Gasteiger partial charge on any atom is 0.510 e. The van der Waals surface area contributed by atoms with Gasteiger partial charge in [0.15, 0.2) is 0 Å². The van der Waals surface area contributed by atoms with E-state index in [9.17, 15) is 9.59 Å². The van der Waals surface area contributed by atoms with Crippen molar-refractivity contribution in [2.75, 3.05) is 6.61 Å². The summed E-state index contributed by atoms with van der Waals surface area (Å²) in [6.07, 6.45) is 5.28. The lowest BCUT2D eigenvalue weighted by molar-refractivity contribution is -0.165. The van der Waals surface area contributed by atoms with E-state index in [4.69, 9.17) is 15.2 Å². The standard InChI is InChI=1S/C14H21NO5/c1-5-18-12(17)20-14(15)9-7-6-8-10(14)11(16)19-13(2,3)4/h6-10H,5,15H2,1-4H3. The molecule has 0 bridgehead atoms. The van der Waals surface area contributed by atoms with Crippen molar-refractivity contribution >= 4 is 12.1 Å². The fourth-order valence-corrected chi connectivity index (χ4v) is 1.65. The van der Waals surface area contributed by atoms with Crippen molar-refractivity contribution in [1.82, 2.24) is 0 Å². The van der Waals surface area contributed by atoms with Gasteiger partial charge in [-0.05, 0) is 33.8 Å². The number of ether oxygens (including phenoxy) is 3. The second-order valence-electron chi connectivity index (χ2n) is 5.39. The topological polar surface area (TPSA) is 87.9 Å². The molecule has 1 rings (SSSR count). The predicted molar refractivity (Wildman–Crippen MR) is 72.6 cm³/mol. The number of rotatable bonds is 3. The van der Waals surface area contributed by atoms with Crippen LogP contribution >= 0.6 is 0 Å². The molecule has 0 aromatic rings. The van der Waals surface area contributed by atoms with E-state index in [0.717, 1.165) is 0 Å². The van der Waals surface area contributed by atoms with Gasteiger partial charge >= 0.3 is 12.1 Å². The molecule has 0 fully saturated rings. The van der Waals surface area contributed by atoms with Crippen molar-refractivity contribution < 1.29 is 23.8 Å². The number of hydrogen-bond donors (Lipinski definition) is 1. The first-order chi connectivity index (χ1) is 9.18. The highest BCUT2D eigenvalue weighted by Gasteiger charge is 2.43. The Bertz CT molecular complexity index is 435. The second-order valence-corrected chi connectivity index (χ2v) is 5.39. The summed E-state index contributed by atoms with van der Waals surface area (Å²) in [7, 11) is 0. The lowest BCUT2D eigenvalue weighted by Crippen LogP contribution is -2.53. The Hall–Kier alpha value is -1.82. The van der Waals surface area contributed by atoms with Gasteiger partial charge in [-0.3, -0.25) is 10.5 Å². The van der Waals surface area contributed by atoms with Crippen LogP contribution in [0.1, 0.15) is 27.7 Å². The molecule has 0 spiro atoms. The quantitative estimate of drug-likeness (QED) is 0.628. The van der Waals surface area contributed by atoms with Gasteiger partial charge in [-0.2, -0.15) is 0 Å². The summed E-state index contributed by atoms with van der Waals surface area (Å²) in [6, 6.07) is 0. The van der Waals surface area contributed by atoms with E-state index in [0.29, 0.717) is 0 Å². The number of esters is 1. The van der Waals surface area contributed by atoms with Crippen LogP contribution in [-0.2, 0) is 19.0 Å². The summed E-state index contributed by atoms with van der Waals surface area (Å²) < 4.78 is 15.0. The molecule has 2 N–H and O–H groups in total. The first-order valence-corrected chi connectivity index (χ1v) is 6.41. The third-order valence-electron chi connectivity index (χ3n) is 2.44. The average molecular weight is 283 g/mol. The number of hydrogen-bond acceptors (Lipinski definition) is 6. The molecule has 6 heteroatoms. The van der Waals surface area contributed by atoms with Gasteiger partial charge in [0.1, 0.15) is 11.5 Å². The van der Waals surface area contributed by atoms with E-state index in [1.165, 1.54) is 12.2 Å². The van der Waals surface area contributed by atoms with Crippen molar-refractivity contribution in [3.63, 3.8) is 0 Å². The Balaban J connectivity index is 2.87. The molecular weight excluding hydrogens is 262 g/mol. The molecule has 0 saturated carbocycles. The summed E-state index contributed by atoms with van der Waals surface area (Å²) in [4.78, 5) is 23.6. The highest BCUT2D eigenvalue weighted by molar-refractivity contribution is 5.78. The average Bonchev–Trinajstić information content (AvgIpc) is 2.26. The minimum absolute atomic E-state index is 0.158. The molecule has 0 saturated heterocycles. The predicted octanol–water partition coefficient (Wildman–Crippen LogP) is 1.90. The van der Waals surface area contributed by atoms with Crippen LogP contribution in [0.2, 0.25) is 0 Å². The zero-order chi connectivity index (χ0) is 15.4. The van der Waals surface area contributed by atoms with Gasteiger partial charge in [-0.15, -0.1) is 0 Å². The second kappa shape index (κ2) is 6.09. The molecule has 0 heterocycles. The van der Waals surface area contributed by atoms with E-state index in [2.05, 4.69) is 4.74 Å². The van der Waals surface area contributed by atoms with Crippen LogP contribution < -0.4 is 5.73 Å². The van der Waals surface area contributed by atoms with Crippen molar-refractivity contribution in [2.24, 2.45) is 11.7 Å². The van der Waals surface area contributed by atoms with Gasteiger partial charge in [0.25, 0.3) is 0 Å². The number of carbonyl (C=O) groups excluding carboxylic acids is 2. The maximum absolute atomic E-state index is 12.1. The lowest BCUT2D eigenvalue weighted by atomic mass is 9.91. The minimum atomic E-state index is -1.61. The first kappa shape index (κ1) is 16.2. The molecule has 0 aromatic heterocycles. The molecule has 0 amide bonds. The van der Waals surface area contributed by atoms with Gasteiger partial charge in [0.2, 0.25) is 5.72 Å². The molecular formula is C14H21NO5. The summed E-state index contributed by atoms with van der Waals surface area (Å²) in [5.74, 6) is -1.49. The largest absolute Gasteiger partial charge is 0.510 e. The molecule has 112 valence electrons. The van der Waals surface area contributed by atoms with Crippen LogP contribution in [0.4, 0.5) is 4.79 Å². The smallest absolute Gasteiger partial charge is 0.459 e. The van der Waals surface area contributed by atoms with Crippen LogP contribution in [0, 0.1) is 5.92 Å². The van der Waals surface area contributed by atoms with Crippen molar-refractivity contribution in [3.05, 3.63) is 24.3 Å². The first-order valence-electron chi connectivity index (χ1n) is 6.41. The molecule has 2 atom stereocenters. The number of allylic oxidation sites excluding steroid dienone is 2. The van der Waals surface area contributed by atoms with Crippen molar-refractivity contribution in [2.45, 2.75) is 39.0 Å². The summed E-state index contributed by atoms with van der Waals surface area (Å²) in [6.45, 7) is 7.05. The Morgan fingerprint density at radius 1 is 1.30 bits per heavy atom. The summed E-state index contributed by atoms with van der Waals surface area (Å²) in [5, 5.41) is 0. The zero-order valence-corrected chi connectivity index (χ0v) is 12.2. The monoisotopic (exact) mass is 283 g/mol. The van der Waals surface area contributed by atoms with E-state index in [1.54, 1.807) is 39.8 Å². The molecule has 0 aliphatic heterocycles. The lowest BCUT2D eigenvalue weighted by Gasteiger charge is -2.33. The SMILES string of the molecule is CCOC(=O)OC1(N)C=CC=CC1C(=O)OC(C)(C)C. The molecule has 20 heavy (non-hydrogen) atoms. The number of nitrogens with two attached hydrogens (primary N) is 1. The van der Waals surface area contributed by atoms with Crippen LogP contribution in [0.15, 0.2) is 24.3 Å². The Morgan fingerprint density at radius 3 is 2.50 bits per heavy atom. The van der Waals surface area contributed by atoms with E-state index in [-0.39, 0.29) is 6.61 Å². The zero-order valence-electron chi connectivity index (χ0n) is 12.2. The van der Waals surface area contributed by atoms with Crippen LogP contribution in [0.3, 0.4) is 0 Å². The Kier molecular flexibility index (Phi) is 4.94. The van der Waals surface area contributed by atoms with Crippen LogP contribution in [0.25, 0.3) is 0 Å². The van der Waals surface area contributed by atoms with Gasteiger partial charge in [-0.25, -0.2) is 4.79 Å². The van der Waals surface area contributed by atoms with Crippen LogP contribution in [-0.4, -0.2) is 30.1 Å². The summed E-state index contributed by atoms with van der Waals surface area (Å²) >= 11 is 0. The highest BCUT2D eigenvalue weighted by Crippen LogP contribution is 2.27. The molecule has 0 aromatic carbocycles. The third kappa shape index (κ3) is 4.38. The van der Waals surface area contributed by atoms with Gasteiger partial charge in [-0.1, -0.05) is 18.2 Å². The van der Waals surface area contributed by atoms with Gasteiger partial charge in [0, 0.05) is 0 Å². The van der Waals surface area contributed by atoms with Gasteiger partial charge < -0.3 is 14.2 Å². The molecule has 1 aliphatic rings. The third-order valence-corrected chi connectivity index (χ3v) is 2.44. The maximum atomic E-state index is 12.1. The van der Waals surface area contributed by atoms with E-state index >= 15 is 0 Å². The fourth-order valence-electron chi connectivity index (χ4n) is 1.65. The molecule has 6 nitrogen and oxygen atoms in total. The number of carbonyl (C=O) groups is 2. The van der Waals surface area contributed by atoms with E-state index < -0.39 is 29.4 Å². The van der Waals surface area contributed by atoms with Gasteiger partial charge in [0.05, 0.1) is 6.61 Å². The van der Waals surface area contributed by atoms with Crippen LogP contribution in [0.5, 0.6) is 0 Å². The summed E-state index contributed by atoms with van der Waals surface area (Å²) in [5.41, 5.74) is 3.73. The van der Waals surface area contributed by atoms with Crippen molar-refractivity contribution in [1.29, 1.82) is 0 Å². The van der Waals surface area contributed by atoms with Crippen molar-refractivity contribution in [3.8, 4) is 0 Å². The highest BCUT2D eigenvalue weighted by atomic mass is 16.7. The van der Waals surface area contributed by atoms with E-state index in [1.807, 2.05) is 0 Å². The Labute approximate surface area is 118 Å². The molecule has 1 aliphatic carbocycles. The molecule has 2 unspecified atom stereocenters. The fraction of sp³-hybridized carbons (Fsp3) is 0.571. The Morgan fingerprint density at radius 2 is 1.95 bits per heavy atom. The molecule has 0 radical (unpaired) electrons.